The molecule has 1 saturated heterocycles. The van der Waals surface area contributed by atoms with Gasteiger partial charge < -0.3 is 9.84 Å². The van der Waals surface area contributed by atoms with Crippen molar-refractivity contribution in [1.82, 2.24) is 4.90 Å². The van der Waals surface area contributed by atoms with Gasteiger partial charge in [-0.1, -0.05) is 56.3 Å². The van der Waals surface area contributed by atoms with Crippen molar-refractivity contribution in [1.29, 1.82) is 0 Å². The van der Waals surface area contributed by atoms with Crippen molar-refractivity contribution >= 4 is 16.7 Å². The molecule has 3 aromatic rings. The van der Waals surface area contributed by atoms with Gasteiger partial charge in [0.1, 0.15) is 5.75 Å². The van der Waals surface area contributed by atoms with Gasteiger partial charge in [-0.3, -0.25) is 9.69 Å². The van der Waals surface area contributed by atoms with Crippen LogP contribution >= 0.6 is 0 Å². The number of likely N-dealkylation sites (tertiary alicyclic amines) is 1. The molecule has 3 aromatic carbocycles. The minimum Gasteiger partial charge on any atom is -0.496 e. The average molecular weight is 500 g/mol. The molecular weight excluding hydrogens is 467 g/mol. The number of benzene rings is 3. The Bertz CT molecular complexity index is 1260. The second-order valence-electron chi connectivity index (χ2n) is 10.3. The fraction of sp³-hybridized carbons (Fsp3) is 0.414. The first-order valence-electron chi connectivity index (χ1n) is 12.2. The molecule has 1 heterocycles. The van der Waals surface area contributed by atoms with E-state index >= 15 is 0 Å². The van der Waals surface area contributed by atoms with Crippen LogP contribution in [0.1, 0.15) is 49.8 Å². The smallest absolute Gasteiger partial charge is 0.417 e. The van der Waals surface area contributed by atoms with Gasteiger partial charge in [0.15, 0.2) is 0 Å². The van der Waals surface area contributed by atoms with Gasteiger partial charge in [0.05, 0.1) is 12.7 Å². The Kier molecular flexibility index (Phi) is 7.32. The SMILES string of the molecule is COc1ccc(CN2CCC(C)(C)CC2)c(C(F)(F)F)c1-c1cccc2c(CCC(=O)O)cccc12. The number of halogens is 3. The molecule has 1 fully saturated rings. The van der Waals surface area contributed by atoms with Gasteiger partial charge in [-0.05, 0) is 71.3 Å². The first kappa shape index (κ1) is 26.0. The molecule has 0 aliphatic carbocycles. The molecule has 0 bridgehead atoms. The van der Waals surface area contributed by atoms with E-state index in [9.17, 15) is 18.0 Å². The van der Waals surface area contributed by atoms with E-state index in [-0.39, 0.29) is 35.3 Å². The molecule has 0 aromatic heterocycles. The summed E-state index contributed by atoms with van der Waals surface area (Å²) in [6.45, 7) is 6.13. The van der Waals surface area contributed by atoms with E-state index in [2.05, 4.69) is 18.7 Å². The molecule has 1 aliphatic heterocycles. The highest BCUT2D eigenvalue weighted by Gasteiger charge is 2.39. The molecule has 0 amide bonds. The number of aryl methyl sites for hydroxylation is 1. The lowest BCUT2D eigenvalue weighted by Gasteiger charge is -2.37. The van der Waals surface area contributed by atoms with E-state index in [1.54, 1.807) is 30.3 Å². The molecule has 0 spiro atoms. The maximum atomic E-state index is 14.7. The molecule has 0 radical (unpaired) electrons. The maximum absolute atomic E-state index is 14.7. The Labute approximate surface area is 209 Å². The number of carbonyl (C=O) groups is 1. The lowest BCUT2D eigenvalue weighted by Crippen LogP contribution is -2.37. The maximum Gasteiger partial charge on any atom is 0.417 e. The zero-order valence-electron chi connectivity index (χ0n) is 20.9. The lowest BCUT2D eigenvalue weighted by atomic mass is 9.82. The number of alkyl halides is 3. The number of rotatable bonds is 7. The summed E-state index contributed by atoms with van der Waals surface area (Å²) >= 11 is 0. The number of aliphatic carboxylic acids is 1. The van der Waals surface area contributed by atoms with Crippen LogP contribution in [-0.2, 0) is 23.9 Å². The van der Waals surface area contributed by atoms with Crippen molar-refractivity contribution in [2.24, 2.45) is 5.41 Å². The first-order chi connectivity index (χ1) is 17.0. The van der Waals surface area contributed by atoms with Crippen molar-refractivity contribution in [3.05, 3.63) is 65.2 Å². The van der Waals surface area contributed by atoms with E-state index < -0.39 is 17.7 Å². The summed E-state index contributed by atoms with van der Waals surface area (Å²) < 4.78 is 49.7. The Morgan fingerprint density at radius 3 is 2.31 bits per heavy atom. The summed E-state index contributed by atoms with van der Waals surface area (Å²) in [5.74, 6) is -0.757. The van der Waals surface area contributed by atoms with Crippen LogP contribution < -0.4 is 4.74 Å². The number of nitrogens with zero attached hydrogens (tertiary/aromatic N) is 1. The van der Waals surface area contributed by atoms with E-state index in [4.69, 9.17) is 9.84 Å². The Hall–Kier alpha value is -3.06. The van der Waals surface area contributed by atoms with Gasteiger partial charge in [-0.25, -0.2) is 0 Å². The summed E-state index contributed by atoms with van der Waals surface area (Å²) in [5, 5.41) is 10.5. The average Bonchev–Trinajstić information content (AvgIpc) is 2.82. The zero-order chi connectivity index (χ0) is 26.1. The standard InChI is InChI=1S/C29H32F3NO3/c1-28(2)14-16-33(17-15-28)18-20-10-12-24(36-3)26(27(20)29(30,31)32)23-9-5-7-21-19(11-13-25(34)35)6-4-8-22(21)23/h4-10,12H,11,13-18H2,1-3H3,(H,34,35). The van der Waals surface area contributed by atoms with Crippen LogP contribution in [0.15, 0.2) is 48.5 Å². The summed E-state index contributed by atoms with van der Waals surface area (Å²) in [6, 6.07) is 13.8. The largest absolute Gasteiger partial charge is 0.496 e. The number of hydrogen-bond acceptors (Lipinski definition) is 3. The summed E-state index contributed by atoms with van der Waals surface area (Å²) in [6.07, 6.45) is -2.45. The molecule has 192 valence electrons. The molecule has 0 saturated carbocycles. The van der Waals surface area contributed by atoms with Gasteiger partial charge in [0.25, 0.3) is 0 Å². The summed E-state index contributed by atoms with van der Waals surface area (Å²) in [7, 11) is 1.38. The highest BCUT2D eigenvalue weighted by molar-refractivity contribution is 6.00. The fourth-order valence-corrected chi connectivity index (χ4v) is 5.13. The molecule has 0 atom stereocenters. The van der Waals surface area contributed by atoms with Crippen LogP contribution in [0.5, 0.6) is 5.75 Å². The minimum absolute atomic E-state index is 0.0285. The second kappa shape index (κ2) is 10.1. The highest BCUT2D eigenvalue weighted by Crippen LogP contribution is 2.47. The fourth-order valence-electron chi connectivity index (χ4n) is 5.13. The normalized spacial score (nSPS) is 16.3. The van der Waals surface area contributed by atoms with Gasteiger partial charge >= 0.3 is 12.1 Å². The third kappa shape index (κ3) is 5.51. The Balaban J connectivity index is 1.87. The van der Waals surface area contributed by atoms with Crippen molar-refractivity contribution in [3.63, 3.8) is 0 Å². The molecule has 0 unspecified atom stereocenters. The Morgan fingerprint density at radius 2 is 1.67 bits per heavy atom. The highest BCUT2D eigenvalue weighted by atomic mass is 19.4. The Morgan fingerprint density at radius 1 is 1.00 bits per heavy atom. The predicted octanol–water partition coefficient (Wildman–Crippen LogP) is 7.17. The number of carboxylic acids is 1. The third-order valence-electron chi connectivity index (χ3n) is 7.25. The van der Waals surface area contributed by atoms with E-state index in [1.165, 1.54) is 13.2 Å². The van der Waals surface area contributed by atoms with E-state index in [0.29, 0.717) is 17.4 Å². The zero-order valence-corrected chi connectivity index (χ0v) is 20.9. The minimum atomic E-state index is -4.59. The number of methoxy groups -OCH3 is 1. The van der Waals surface area contributed by atoms with Crippen LogP contribution in [0.2, 0.25) is 0 Å². The van der Waals surface area contributed by atoms with Crippen LogP contribution in [-0.4, -0.2) is 36.2 Å². The van der Waals surface area contributed by atoms with Crippen LogP contribution in [0.4, 0.5) is 13.2 Å². The van der Waals surface area contributed by atoms with Gasteiger partial charge in [-0.15, -0.1) is 0 Å². The first-order valence-corrected chi connectivity index (χ1v) is 12.2. The third-order valence-corrected chi connectivity index (χ3v) is 7.25. The topological polar surface area (TPSA) is 49.8 Å². The molecular formula is C29H32F3NO3. The van der Waals surface area contributed by atoms with Crippen molar-refractivity contribution in [2.75, 3.05) is 20.2 Å². The number of piperidine rings is 1. The predicted molar refractivity (Wildman–Crippen MR) is 135 cm³/mol. The molecule has 36 heavy (non-hydrogen) atoms. The quantitative estimate of drug-likeness (QED) is 0.374. The molecule has 4 nitrogen and oxygen atoms in total. The lowest BCUT2D eigenvalue weighted by molar-refractivity contribution is -0.138. The molecule has 7 heteroatoms. The van der Waals surface area contributed by atoms with Crippen LogP contribution in [0.25, 0.3) is 21.9 Å². The molecule has 4 rings (SSSR count). The molecule has 1 aliphatic rings. The number of fused-ring (bicyclic) bond motifs is 1. The van der Waals surface area contributed by atoms with Gasteiger partial charge in [0, 0.05) is 18.5 Å². The van der Waals surface area contributed by atoms with Crippen molar-refractivity contribution < 1.29 is 27.8 Å². The van der Waals surface area contributed by atoms with Crippen molar-refractivity contribution in [2.45, 2.75) is 52.3 Å². The number of ether oxygens (including phenoxy) is 1. The molecule has 1 N–H and O–H groups in total. The van der Waals surface area contributed by atoms with E-state index in [1.807, 2.05) is 12.1 Å². The van der Waals surface area contributed by atoms with E-state index in [0.717, 1.165) is 36.9 Å². The monoisotopic (exact) mass is 499 g/mol. The summed E-state index contributed by atoms with van der Waals surface area (Å²) in [4.78, 5) is 13.2. The van der Waals surface area contributed by atoms with Crippen molar-refractivity contribution in [3.8, 4) is 16.9 Å². The summed E-state index contributed by atoms with van der Waals surface area (Å²) in [5.41, 5.74) is 1.01. The van der Waals surface area contributed by atoms with Gasteiger partial charge in [0.2, 0.25) is 0 Å². The van der Waals surface area contributed by atoms with Crippen LogP contribution in [0, 0.1) is 5.41 Å². The number of carboxylic acid groups (broad SMARTS) is 1. The van der Waals surface area contributed by atoms with Crippen LogP contribution in [0.3, 0.4) is 0 Å². The number of hydrogen-bond donors (Lipinski definition) is 1. The second-order valence-corrected chi connectivity index (χ2v) is 10.3. The van der Waals surface area contributed by atoms with Gasteiger partial charge in [-0.2, -0.15) is 13.2 Å².